The van der Waals surface area contributed by atoms with Gasteiger partial charge in [-0.2, -0.15) is 0 Å². The zero-order valence-corrected chi connectivity index (χ0v) is 15.1. The lowest BCUT2D eigenvalue weighted by molar-refractivity contribution is -0.139. The number of hydrogen-bond acceptors (Lipinski definition) is 6. The molecule has 0 atom stereocenters. The van der Waals surface area contributed by atoms with Crippen LogP contribution in [-0.4, -0.2) is 39.6 Å². The molecule has 1 aromatic carbocycles. The summed E-state index contributed by atoms with van der Waals surface area (Å²) in [6.45, 7) is 1.86. The minimum absolute atomic E-state index is 0.0639. The summed E-state index contributed by atoms with van der Waals surface area (Å²) in [4.78, 5) is 45.7. The highest BCUT2D eigenvalue weighted by molar-refractivity contribution is 7.99. The van der Waals surface area contributed by atoms with Gasteiger partial charge in [0, 0.05) is 28.2 Å². The molecule has 134 valence electrons. The first-order chi connectivity index (χ1) is 12.5. The molecule has 0 aliphatic rings. The SMILES string of the molecule is COC(=O)Cc1cc(=O)[nH]c(SCC(=O)c2c(C)[nH]c3ccccc23)n1. The number of carbonyl (C=O) groups excluding carboxylic acids is 2. The normalized spacial score (nSPS) is 10.8. The molecule has 0 amide bonds. The van der Waals surface area contributed by atoms with Crippen LogP contribution in [0.2, 0.25) is 0 Å². The molecule has 0 aliphatic heterocycles. The fourth-order valence-electron chi connectivity index (χ4n) is 2.70. The highest BCUT2D eigenvalue weighted by Crippen LogP contribution is 2.24. The number of aromatic amines is 2. The van der Waals surface area contributed by atoms with E-state index in [2.05, 4.69) is 19.7 Å². The molecule has 2 aromatic heterocycles. The molecule has 0 radical (unpaired) electrons. The van der Waals surface area contributed by atoms with E-state index in [9.17, 15) is 14.4 Å². The molecule has 0 unspecified atom stereocenters. The third-order valence-electron chi connectivity index (χ3n) is 3.84. The van der Waals surface area contributed by atoms with E-state index in [0.717, 1.165) is 28.4 Å². The van der Waals surface area contributed by atoms with Gasteiger partial charge in [0.25, 0.3) is 5.56 Å². The first kappa shape index (κ1) is 17.9. The number of esters is 1. The van der Waals surface area contributed by atoms with E-state index in [1.807, 2.05) is 31.2 Å². The number of Topliss-reactive ketones (excluding diaryl/α,β-unsaturated/α-hetero) is 1. The number of ketones is 1. The summed E-state index contributed by atoms with van der Waals surface area (Å²) in [5.41, 5.74) is 2.28. The Labute approximate surface area is 153 Å². The summed E-state index contributed by atoms with van der Waals surface area (Å²) in [7, 11) is 1.27. The Kier molecular flexibility index (Phi) is 5.22. The van der Waals surface area contributed by atoms with Gasteiger partial charge in [-0.15, -0.1) is 0 Å². The van der Waals surface area contributed by atoms with E-state index in [1.54, 1.807) is 0 Å². The number of methoxy groups -OCH3 is 1. The number of ether oxygens (including phenoxy) is 1. The molecule has 0 aliphatic carbocycles. The molecule has 0 spiro atoms. The minimum atomic E-state index is -0.482. The summed E-state index contributed by atoms with van der Waals surface area (Å²) >= 11 is 1.12. The zero-order valence-electron chi connectivity index (χ0n) is 14.3. The van der Waals surface area contributed by atoms with E-state index >= 15 is 0 Å². The zero-order chi connectivity index (χ0) is 18.7. The van der Waals surface area contributed by atoms with Crippen LogP contribution in [0.15, 0.2) is 40.3 Å². The second kappa shape index (κ2) is 7.57. The number of rotatable bonds is 6. The number of fused-ring (bicyclic) bond motifs is 1. The number of aromatic nitrogens is 3. The van der Waals surface area contributed by atoms with Crippen molar-refractivity contribution in [2.24, 2.45) is 0 Å². The average molecular weight is 371 g/mol. The van der Waals surface area contributed by atoms with E-state index in [4.69, 9.17) is 0 Å². The molecular weight excluding hydrogens is 354 g/mol. The van der Waals surface area contributed by atoms with Crippen LogP contribution in [0, 0.1) is 6.92 Å². The first-order valence-corrected chi connectivity index (χ1v) is 8.87. The predicted molar refractivity (Wildman–Crippen MR) is 98.7 cm³/mol. The van der Waals surface area contributed by atoms with Gasteiger partial charge in [0.15, 0.2) is 10.9 Å². The molecule has 26 heavy (non-hydrogen) atoms. The van der Waals surface area contributed by atoms with Crippen LogP contribution in [0.5, 0.6) is 0 Å². The van der Waals surface area contributed by atoms with Crippen molar-refractivity contribution in [2.45, 2.75) is 18.5 Å². The van der Waals surface area contributed by atoms with Crippen LogP contribution in [0.4, 0.5) is 0 Å². The first-order valence-electron chi connectivity index (χ1n) is 7.88. The van der Waals surface area contributed by atoms with Crippen molar-refractivity contribution in [1.29, 1.82) is 0 Å². The number of benzene rings is 1. The Balaban J connectivity index is 1.78. The molecule has 0 bridgehead atoms. The molecule has 2 N–H and O–H groups in total. The van der Waals surface area contributed by atoms with Crippen molar-refractivity contribution in [3.05, 3.63) is 57.6 Å². The lowest BCUT2D eigenvalue weighted by Gasteiger charge is -2.04. The molecule has 0 saturated carbocycles. The predicted octanol–water partition coefficient (Wildman–Crippen LogP) is 2.25. The molecule has 0 saturated heterocycles. The molecule has 0 fully saturated rings. The maximum Gasteiger partial charge on any atom is 0.311 e. The number of para-hydroxylation sites is 1. The maximum absolute atomic E-state index is 12.7. The highest BCUT2D eigenvalue weighted by atomic mass is 32.2. The molecule has 3 aromatic rings. The second-order valence-electron chi connectivity index (χ2n) is 5.68. The topological polar surface area (TPSA) is 105 Å². The van der Waals surface area contributed by atoms with Gasteiger partial charge in [0.2, 0.25) is 0 Å². The maximum atomic E-state index is 12.7. The fourth-order valence-corrected chi connectivity index (χ4v) is 3.47. The Morgan fingerprint density at radius 3 is 2.77 bits per heavy atom. The number of thioether (sulfide) groups is 1. The highest BCUT2D eigenvalue weighted by Gasteiger charge is 2.17. The summed E-state index contributed by atoms with van der Waals surface area (Å²) in [5, 5.41) is 1.17. The minimum Gasteiger partial charge on any atom is -0.469 e. The van der Waals surface area contributed by atoms with Gasteiger partial charge in [-0.05, 0) is 13.0 Å². The van der Waals surface area contributed by atoms with Crippen molar-refractivity contribution in [3.63, 3.8) is 0 Å². The second-order valence-corrected chi connectivity index (χ2v) is 6.64. The van der Waals surface area contributed by atoms with Crippen LogP contribution >= 0.6 is 11.8 Å². The number of nitrogens with one attached hydrogen (secondary N) is 2. The van der Waals surface area contributed by atoms with Gasteiger partial charge >= 0.3 is 5.97 Å². The number of carbonyl (C=O) groups is 2. The standard InChI is InChI=1S/C18H17N3O4S/c1-10-17(12-5-3-4-6-13(12)19-10)14(22)9-26-18-20-11(7-15(23)21-18)8-16(24)25-2/h3-7,19H,8-9H2,1-2H3,(H,20,21,23). The molecule has 7 nitrogen and oxygen atoms in total. The largest absolute Gasteiger partial charge is 0.469 e. The molecule has 2 heterocycles. The van der Waals surface area contributed by atoms with Crippen molar-refractivity contribution in [1.82, 2.24) is 15.0 Å². The summed E-state index contributed by atoms with van der Waals surface area (Å²) in [6, 6.07) is 8.85. The third-order valence-corrected chi connectivity index (χ3v) is 4.71. The quantitative estimate of drug-likeness (QED) is 0.298. The van der Waals surface area contributed by atoms with Crippen LogP contribution < -0.4 is 5.56 Å². The van der Waals surface area contributed by atoms with Crippen LogP contribution in [-0.2, 0) is 16.0 Å². The number of hydrogen-bond donors (Lipinski definition) is 2. The summed E-state index contributed by atoms with van der Waals surface area (Å²) in [5.74, 6) is -0.427. The number of nitrogens with zero attached hydrogens (tertiary/aromatic N) is 1. The van der Waals surface area contributed by atoms with E-state index in [-0.39, 0.29) is 23.5 Å². The van der Waals surface area contributed by atoms with Crippen LogP contribution in [0.1, 0.15) is 21.7 Å². The van der Waals surface area contributed by atoms with Gasteiger partial charge < -0.3 is 14.7 Å². The molecule has 8 heteroatoms. The van der Waals surface area contributed by atoms with Crippen molar-refractivity contribution in [3.8, 4) is 0 Å². The van der Waals surface area contributed by atoms with Gasteiger partial charge in [-0.3, -0.25) is 14.4 Å². The van der Waals surface area contributed by atoms with E-state index in [1.165, 1.54) is 13.2 Å². The Morgan fingerprint density at radius 2 is 2.00 bits per heavy atom. The van der Waals surface area contributed by atoms with Crippen molar-refractivity contribution >= 4 is 34.4 Å². The molecule has 3 rings (SSSR count). The Bertz CT molecular complexity index is 1040. The summed E-state index contributed by atoms with van der Waals surface area (Å²) < 4.78 is 4.58. The van der Waals surface area contributed by atoms with Crippen LogP contribution in [0.3, 0.4) is 0 Å². The van der Waals surface area contributed by atoms with Gasteiger partial charge in [-0.25, -0.2) is 4.98 Å². The Hall–Kier alpha value is -2.87. The third kappa shape index (κ3) is 3.85. The van der Waals surface area contributed by atoms with Gasteiger partial charge in [0.05, 0.1) is 25.0 Å². The average Bonchev–Trinajstić information content (AvgIpc) is 2.95. The van der Waals surface area contributed by atoms with E-state index in [0.29, 0.717) is 16.4 Å². The number of H-pyrrole nitrogens is 2. The lowest BCUT2D eigenvalue weighted by atomic mass is 10.1. The molecular formula is C18H17N3O4S. The van der Waals surface area contributed by atoms with Gasteiger partial charge in [-0.1, -0.05) is 30.0 Å². The number of aryl methyl sites for hydroxylation is 1. The van der Waals surface area contributed by atoms with Crippen molar-refractivity contribution < 1.29 is 14.3 Å². The van der Waals surface area contributed by atoms with Gasteiger partial charge in [0.1, 0.15) is 0 Å². The van der Waals surface area contributed by atoms with Crippen molar-refractivity contribution in [2.75, 3.05) is 12.9 Å². The van der Waals surface area contributed by atoms with Crippen LogP contribution in [0.25, 0.3) is 10.9 Å². The smallest absolute Gasteiger partial charge is 0.311 e. The van der Waals surface area contributed by atoms with E-state index < -0.39 is 5.97 Å². The summed E-state index contributed by atoms with van der Waals surface area (Å²) in [6.07, 6.45) is -0.0938. The Morgan fingerprint density at radius 1 is 1.23 bits per heavy atom. The monoisotopic (exact) mass is 371 g/mol. The fraction of sp³-hybridized carbons (Fsp3) is 0.222. The lowest BCUT2D eigenvalue weighted by Crippen LogP contribution is -2.14.